The number of benzene rings is 3. The number of carboxylic acid groups (broad SMARTS) is 1. The quantitative estimate of drug-likeness (QED) is 0.0887. The van der Waals surface area contributed by atoms with Crippen LogP contribution in [-0.2, 0) is 31.5 Å². The first-order valence-corrected chi connectivity index (χ1v) is 18.9. The number of hydrogen-bond donors (Lipinski definition) is 7. The van der Waals surface area contributed by atoms with Crippen LogP contribution < -0.4 is 27.0 Å². The molecule has 19 heteroatoms. The molecular formula is C40H41F5N8O6. The minimum Gasteiger partial charge on any atom is -0.477 e. The van der Waals surface area contributed by atoms with Crippen LogP contribution in [0.3, 0.4) is 0 Å². The third-order valence-corrected chi connectivity index (χ3v) is 10.6. The van der Waals surface area contributed by atoms with Crippen molar-refractivity contribution >= 4 is 35.3 Å². The van der Waals surface area contributed by atoms with Crippen LogP contribution >= 0.6 is 0 Å². The number of alkyl halides is 4. The molecule has 14 nitrogen and oxygen atoms in total. The maximum atomic E-state index is 15.2. The van der Waals surface area contributed by atoms with Crippen molar-refractivity contribution in [3.8, 4) is 22.5 Å². The maximum absolute atomic E-state index is 15.2. The zero-order valence-electron chi connectivity index (χ0n) is 31.4. The molecule has 2 atom stereocenters. The Morgan fingerprint density at radius 2 is 1.56 bits per heavy atom. The lowest BCUT2D eigenvalue weighted by Crippen LogP contribution is -2.50. The fraction of sp³-hybridized carbons (Fsp3) is 0.375. The highest BCUT2D eigenvalue weighted by Crippen LogP contribution is 2.42. The van der Waals surface area contributed by atoms with Gasteiger partial charge in [0.25, 0.3) is 5.91 Å². The van der Waals surface area contributed by atoms with E-state index in [9.17, 15) is 41.5 Å². The number of nitrogens with two attached hydrogens (primary N) is 1. The largest absolute Gasteiger partial charge is 0.477 e. The van der Waals surface area contributed by atoms with Crippen molar-refractivity contribution in [3.63, 3.8) is 0 Å². The van der Waals surface area contributed by atoms with E-state index >= 15 is 4.39 Å². The molecule has 6 rings (SSSR count). The van der Waals surface area contributed by atoms with Crippen LogP contribution in [-0.4, -0.2) is 81.0 Å². The van der Waals surface area contributed by atoms with Gasteiger partial charge in [-0.25, -0.2) is 14.2 Å². The highest BCUT2D eigenvalue weighted by atomic mass is 19.3. The van der Waals surface area contributed by atoms with Gasteiger partial charge < -0.3 is 32.1 Å². The molecule has 312 valence electrons. The Bertz CT molecular complexity index is 2190. The lowest BCUT2D eigenvalue weighted by atomic mass is 9.81. The molecule has 0 bridgehead atoms. The van der Waals surface area contributed by atoms with E-state index in [1.54, 1.807) is 35.4 Å². The number of aromatic nitrogens is 3. The number of H-pyrrole nitrogens is 1. The number of carbonyl (C=O) groups is 5. The smallest absolute Gasteiger partial charge is 0.411 e. The molecule has 1 saturated heterocycles. The van der Waals surface area contributed by atoms with Gasteiger partial charge in [0.05, 0.1) is 5.56 Å². The van der Waals surface area contributed by atoms with Gasteiger partial charge in [-0.15, -0.1) is 0 Å². The first-order valence-electron chi connectivity index (χ1n) is 18.9. The molecule has 0 unspecified atom stereocenters. The average molecular weight is 825 g/mol. The number of anilines is 1. The molecule has 3 aromatic carbocycles. The Labute approximate surface area is 333 Å². The fourth-order valence-electron chi connectivity index (χ4n) is 7.00. The predicted octanol–water partition coefficient (Wildman–Crippen LogP) is 4.53. The second kappa shape index (κ2) is 17.7. The number of nitrogens with one attached hydrogen (secondary N) is 5. The van der Waals surface area contributed by atoms with Gasteiger partial charge in [0, 0.05) is 30.1 Å². The Morgan fingerprint density at radius 3 is 2.19 bits per heavy atom. The SMILES string of the molecule is NCC1CCC(C(=O)N[C@@H](Cc2ccc(-c3ccc(C(=O)N[C@@H]4CCCNC4=O)c(F)c3)cc2)C(=O)Nc2ccc(-c3n[nH]c(C(F)(F)C(F)(F)C(=O)O)n3)cc2)CC1. The summed E-state index contributed by atoms with van der Waals surface area (Å²) < 4.78 is 71.0. The molecule has 1 saturated carbocycles. The summed E-state index contributed by atoms with van der Waals surface area (Å²) in [6.45, 7) is 1.04. The van der Waals surface area contributed by atoms with Crippen LogP contribution in [0.1, 0.15) is 60.3 Å². The van der Waals surface area contributed by atoms with Crippen LogP contribution in [0, 0.1) is 17.7 Å². The number of aromatic amines is 1. The lowest BCUT2D eigenvalue weighted by Gasteiger charge is -2.28. The zero-order chi connectivity index (χ0) is 42.5. The van der Waals surface area contributed by atoms with E-state index < -0.39 is 59.2 Å². The van der Waals surface area contributed by atoms with Gasteiger partial charge in [-0.1, -0.05) is 30.3 Å². The van der Waals surface area contributed by atoms with Gasteiger partial charge in [0.15, 0.2) is 5.82 Å². The van der Waals surface area contributed by atoms with Crippen LogP contribution in [0.4, 0.5) is 27.6 Å². The summed E-state index contributed by atoms with van der Waals surface area (Å²) in [6.07, 6.45) is 3.94. The van der Waals surface area contributed by atoms with E-state index in [-0.39, 0.29) is 41.0 Å². The Kier molecular flexibility index (Phi) is 12.7. The number of hydrogen-bond acceptors (Lipinski definition) is 8. The topological polar surface area (TPSA) is 221 Å². The summed E-state index contributed by atoms with van der Waals surface area (Å²) in [6, 6.07) is 14.5. The minimum atomic E-state index is -5.46. The number of carboxylic acids is 1. The fourth-order valence-corrected chi connectivity index (χ4v) is 7.00. The first-order chi connectivity index (χ1) is 28.1. The van der Waals surface area contributed by atoms with Gasteiger partial charge >= 0.3 is 17.8 Å². The maximum Gasteiger partial charge on any atom is 0.411 e. The summed E-state index contributed by atoms with van der Waals surface area (Å²) in [4.78, 5) is 66.1. The molecule has 1 aromatic heterocycles. The molecule has 4 aromatic rings. The highest BCUT2D eigenvalue weighted by Gasteiger charge is 2.65. The second-order valence-corrected chi connectivity index (χ2v) is 14.6. The number of carbonyl (C=O) groups excluding carboxylic acids is 4. The van der Waals surface area contributed by atoms with Crippen molar-refractivity contribution in [2.75, 3.05) is 18.4 Å². The number of nitrogens with zero attached hydrogens (tertiary/aromatic N) is 2. The number of halogens is 5. The van der Waals surface area contributed by atoms with Crippen LogP contribution in [0.25, 0.3) is 22.5 Å². The third kappa shape index (κ3) is 9.56. The van der Waals surface area contributed by atoms with Crippen molar-refractivity contribution in [2.24, 2.45) is 17.6 Å². The summed E-state index contributed by atoms with van der Waals surface area (Å²) in [5.41, 5.74) is 7.61. The van der Waals surface area contributed by atoms with Gasteiger partial charge in [-0.3, -0.25) is 24.3 Å². The van der Waals surface area contributed by atoms with Crippen molar-refractivity contribution in [3.05, 3.63) is 89.5 Å². The Morgan fingerprint density at radius 1 is 0.898 bits per heavy atom. The summed E-state index contributed by atoms with van der Waals surface area (Å²) in [5.74, 6) is -18.5. The molecule has 1 aliphatic carbocycles. The number of rotatable bonds is 14. The Hall–Kier alpha value is -6.24. The molecule has 0 radical (unpaired) electrons. The van der Waals surface area contributed by atoms with Crippen LogP contribution in [0.15, 0.2) is 66.7 Å². The number of aliphatic carboxylic acids is 1. The summed E-state index contributed by atoms with van der Waals surface area (Å²) in [7, 11) is 0. The van der Waals surface area contributed by atoms with Crippen LogP contribution in [0.2, 0.25) is 0 Å². The second-order valence-electron chi connectivity index (χ2n) is 14.6. The van der Waals surface area contributed by atoms with E-state index in [2.05, 4.69) is 31.3 Å². The first kappa shape index (κ1) is 42.4. The highest BCUT2D eigenvalue weighted by molar-refractivity contribution is 5.99. The van der Waals surface area contributed by atoms with Crippen molar-refractivity contribution in [2.45, 2.75) is 68.9 Å². The number of amides is 4. The molecule has 59 heavy (non-hydrogen) atoms. The third-order valence-electron chi connectivity index (χ3n) is 10.6. The van der Waals surface area contributed by atoms with E-state index in [1.165, 1.54) is 36.4 Å². The predicted molar refractivity (Wildman–Crippen MR) is 202 cm³/mol. The Balaban J connectivity index is 1.15. The average Bonchev–Trinajstić information content (AvgIpc) is 3.73. The van der Waals surface area contributed by atoms with Gasteiger partial charge in [0.1, 0.15) is 17.9 Å². The van der Waals surface area contributed by atoms with E-state index in [0.29, 0.717) is 61.4 Å². The zero-order valence-corrected chi connectivity index (χ0v) is 31.4. The molecule has 4 amide bonds. The normalized spacial score (nSPS) is 18.9. The monoisotopic (exact) mass is 824 g/mol. The van der Waals surface area contributed by atoms with E-state index in [0.717, 1.165) is 12.8 Å². The summed E-state index contributed by atoms with van der Waals surface area (Å²) >= 11 is 0. The van der Waals surface area contributed by atoms with Crippen molar-refractivity contribution < 1.29 is 51.0 Å². The number of piperidine rings is 1. The summed E-state index contributed by atoms with van der Waals surface area (Å²) in [5, 5.41) is 24.6. The van der Waals surface area contributed by atoms with Crippen molar-refractivity contribution in [1.82, 2.24) is 31.1 Å². The molecular weight excluding hydrogens is 783 g/mol. The lowest BCUT2D eigenvalue weighted by molar-refractivity contribution is -0.231. The minimum absolute atomic E-state index is 0.0471. The van der Waals surface area contributed by atoms with Crippen LogP contribution in [0.5, 0.6) is 0 Å². The standard InChI is InChI=1S/C40H41F5N8O6/c41-29-19-26(13-16-28(29)34(55)49-30-2-1-17-47-35(30)56)23-7-3-21(4-8-23)18-31(50-33(54)25-9-5-22(20-46)6-10-25)36(57)48-27-14-11-24(12-15-27)32-51-37(53-52-32)39(42,43)40(44,45)38(58)59/h3-4,7-8,11-16,19,22,25,30-31H,1-2,5-6,9-10,17-18,20,46H2,(H,47,56)(H,48,57)(H,49,55)(H,50,54)(H,58,59)(H,51,52,53)/t22?,25?,30-,31+/m1/s1. The molecule has 0 spiro atoms. The van der Waals surface area contributed by atoms with Gasteiger partial charge in [-0.2, -0.15) is 22.7 Å². The molecule has 8 N–H and O–H groups in total. The molecule has 2 aliphatic rings. The molecule has 1 aliphatic heterocycles. The molecule has 2 heterocycles. The van der Waals surface area contributed by atoms with Gasteiger partial charge in [0.2, 0.25) is 23.5 Å². The van der Waals surface area contributed by atoms with E-state index in [4.69, 9.17) is 10.8 Å². The van der Waals surface area contributed by atoms with Crippen molar-refractivity contribution in [1.29, 1.82) is 0 Å². The van der Waals surface area contributed by atoms with E-state index in [1.807, 2.05) is 0 Å². The van der Waals surface area contributed by atoms with Gasteiger partial charge in [-0.05, 0) is 104 Å². The molecule has 2 fully saturated rings.